The van der Waals surface area contributed by atoms with Crippen LogP contribution in [0.25, 0.3) is 0 Å². The van der Waals surface area contributed by atoms with Crippen LogP contribution in [0, 0.1) is 0 Å². The number of primary amides is 1. The highest BCUT2D eigenvalue weighted by Crippen LogP contribution is 2.38. The zero-order valence-corrected chi connectivity index (χ0v) is 14.8. The first-order chi connectivity index (χ1) is 11.0. The van der Waals surface area contributed by atoms with E-state index in [1.54, 1.807) is 11.8 Å². The lowest BCUT2D eigenvalue weighted by atomic mass is 10.2. The Morgan fingerprint density at radius 3 is 2.87 bits per heavy atom. The Bertz CT molecular complexity index is 750. The van der Waals surface area contributed by atoms with E-state index in [0.29, 0.717) is 12.2 Å². The van der Waals surface area contributed by atoms with Crippen LogP contribution >= 0.6 is 27.7 Å². The minimum Gasteiger partial charge on any atom is -0.454 e. The lowest BCUT2D eigenvalue weighted by Crippen LogP contribution is -2.12. The molecular weight excluding hydrogens is 384 g/mol. The minimum absolute atomic E-state index is 0.255. The van der Waals surface area contributed by atoms with Gasteiger partial charge >= 0.3 is 0 Å². The minimum atomic E-state index is -0.341. The fourth-order valence-electron chi connectivity index (χ4n) is 2.14. The first-order valence-corrected chi connectivity index (χ1v) is 8.70. The molecule has 2 aromatic rings. The molecule has 1 aliphatic rings. The van der Waals surface area contributed by atoms with Crippen molar-refractivity contribution >= 4 is 33.6 Å². The van der Waals surface area contributed by atoms with Crippen molar-refractivity contribution < 1.29 is 14.3 Å². The number of amides is 1. The van der Waals surface area contributed by atoms with Gasteiger partial charge in [-0.3, -0.25) is 4.79 Å². The topological polar surface area (TPSA) is 92.3 Å². The zero-order valence-electron chi connectivity index (χ0n) is 12.4. The average Bonchev–Trinajstić information content (AvgIpc) is 3.09. The molecule has 1 amide bonds. The van der Waals surface area contributed by atoms with E-state index < -0.39 is 0 Å². The van der Waals surface area contributed by atoms with Crippen LogP contribution in [-0.2, 0) is 24.0 Å². The number of carbonyl (C=O) groups is 1. The van der Waals surface area contributed by atoms with Crippen LogP contribution in [0.15, 0.2) is 21.8 Å². The van der Waals surface area contributed by atoms with E-state index in [9.17, 15) is 4.79 Å². The van der Waals surface area contributed by atoms with Crippen LogP contribution in [0.2, 0.25) is 0 Å². The van der Waals surface area contributed by atoms with E-state index in [1.165, 1.54) is 0 Å². The van der Waals surface area contributed by atoms with Gasteiger partial charge in [0.2, 0.25) is 12.7 Å². The normalized spacial score (nSPS) is 12.6. The Morgan fingerprint density at radius 1 is 1.39 bits per heavy atom. The fourth-order valence-corrected chi connectivity index (χ4v) is 3.70. The molecule has 0 bridgehead atoms. The number of ether oxygens (including phenoxy) is 2. The van der Waals surface area contributed by atoms with Gasteiger partial charge in [0.15, 0.2) is 16.7 Å². The van der Waals surface area contributed by atoms with Crippen LogP contribution < -0.4 is 15.2 Å². The Kier molecular flexibility index (Phi) is 4.76. The molecule has 1 aromatic heterocycles. The van der Waals surface area contributed by atoms with Gasteiger partial charge < -0.3 is 19.8 Å². The summed E-state index contributed by atoms with van der Waals surface area (Å²) in [7, 11) is 1.88. The van der Waals surface area contributed by atoms with Crippen LogP contribution in [-0.4, -0.2) is 27.5 Å². The molecule has 0 fully saturated rings. The summed E-state index contributed by atoms with van der Waals surface area (Å²) in [4.78, 5) is 10.9. The smallest absolute Gasteiger partial charge is 0.231 e. The van der Waals surface area contributed by atoms with Crippen molar-refractivity contribution in [2.75, 3.05) is 6.79 Å². The number of carbonyl (C=O) groups excluding carboxylic acids is 1. The van der Waals surface area contributed by atoms with Gasteiger partial charge in [0.25, 0.3) is 0 Å². The zero-order chi connectivity index (χ0) is 16.4. The third-order valence-corrected chi connectivity index (χ3v) is 5.23. The first kappa shape index (κ1) is 16.1. The molecule has 1 aromatic carbocycles. The van der Waals surface area contributed by atoms with E-state index in [1.807, 2.05) is 23.7 Å². The summed E-state index contributed by atoms with van der Waals surface area (Å²) in [6.07, 6.45) is 0.761. The van der Waals surface area contributed by atoms with E-state index in [0.717, 1.165) is 32.5 Å². The number of hydrogen-bond acceptors (Lipinski definition) is 6. The van der Waals surface area contributed by atoms with Gasteiger partial charge in [-0.2, -0.15) is 0 Å². The average molecular weight is 399 g/mol. The molecule has 0 saturated heterocycles. The molecule has 0 unspecified atom stereocenters. The predicted molar refractivity (Wildman–Crippen MR) is 88.3 cm³/mol. The number of nitrogens with two attached hydrogens (primary N) is 1. The number of nitrogens with zero attached hydrogens (tertiary/aromatic N) is 3. The number of halogens is 1. The van der Waals surface area contributed by atoms with Crippen molar-refractivity contribution in [3.8, 4) is 11.5 Å². The van der Waals surface area contributed by atoms with E-state index >= 15 is 0 Å². The van der Waals surface area contributed by atoms with Crippen molar-refractivity contribution in [2.24, 2.45) is 12.8 Å². The Balaban J connectivity index is 1.68. The van der Waals surface area contributed by atoms with Crippen molar-refractivity contribution in [2.45, 2.75) is 23.8 Å². The summed E-state index contributed by atoms with van der Waals surface area (Å²) in [5, 5.41) is 9.06. The number of benzene rings is 1. The van der Waals surface area contributed by atoms with Gasteiger partial charge in [-0.1, -0.05) is 27.7 Å². The molecule has 0 saturated carbocycles. The van der Waals surface area contributed by atoms with Gasteiger partial charge in [0.05, 0.1) is 0 Å². The maximum absolute atomic E-state index is 10.9. The molecular formula is C14H15BrN4O3S. The van der Waals surface area contributed by atoms with Gasteiger partial charge in [-0.25, -0.2) is 0 Å². The SMILES string of the molecule is Cn1c(CCC(N)=O)nnc1SCc1cc2c(cc1Br)OCO2. The van der Waals surface area contributed by atoms with Gasteiger partial charge in [-0.15, -0.1) is 10.2 Å². The van der Waals surface area contributed by atoms with Crippen molar-refractivity contribution in [1.29, 1.82) is 0 Å². The molecule has 2 N–H and O–H groups in total. The maximum atomic E-state index is 10.9. The van der Waals surface area contributed by atoms with Crippen LogP contribution in [0.4, 0.5) is 0 Å². The molecule has 23 heavy (non-hydrogen) atoms. The highest BCUT2D eigenvalue weighted by atomic mass is 79.9. The van der Waals surface area contributed by atoms with Crippen molar-refractivity contribution in [3.63, 3.8) is 0 Å². The highest BCUT2D eigenvalue weighted by molar-refractivity contribution is 9.10. The lowest BCUT2D eigenvalue weighted by molar-refractivity contribution is -0.118. The third-order valence-electron chi connectivity index (χ3n) is 3.42. The summed E-state index contributed by atoms with van der Waals surface area (Å²) in [6.45, 7) is 0.255. The quantitative estimate of drug-likeness (QED) is 0.748. The molecule has 7 nitrogen and oxygen atoms in total. The van der Waals surface area contributed by atoms with Crippen molar-refractivity contribution in [1.82, 2.24) is 14.8 Å². The number of rotatable bonds is 6. The summed E-state index contributed by atoms with van der Waals surface area (Å²) in [5.74, 6) is 2.61. The number of aromatic nitrogens is 3. The van der Waals surface area contributed by atoms with Crippen LogP contribution in [0.5, 0.6) is 11.5 Å². The summed E-state index contributed by atoms with van der Waals surface area (Å²) in [5.41, 5.74) is 6.25. The number of fused-ring (bicyclic) bond motifs is 1. The fraction of sp³-hybridized carbons (Fsp3) is 0.357. The Hall–Kier alpha value is -1.74. The molecule has 1 aliphatic heterocycles. The standard InChI is InChI=1S/C14H15BrN4O3S/c1-19-13(3-2-12(16)20)17-18-14(19)23-6-8-4-10-11(5-9(8)15)22-7-21-10/h4-5H,2-3,6-7H2,1H3,(H2,16,20). The maximum Gasteiger partial charge on any atom is 0.231 e. The molecule has 2 heterocycles. The summed E-state index contributed by atoms with van der Waals surface area (Å²) in [6, 6.07) is 3.87. The van der Waals surface area contributed by atoms with E-state index in [2.05, 4.69) is 26.1 Å². The third kappa shape index (κ3) is 3.61. The molecule has 122 valence electrons. The molecule has 0 aliphatic carbocycles. The molecule has 3 rings (SSSR count). The van der Waals surface area contributed by atoms with Gasteiger partial charge in [0, 0.05) is 30.1 Å². The molecule has 0 atom stereocenters. The van der Waals surface area contributed by atoms with Crippen LogP contribution in [0.3, 0.4) is 0 Å². The second kappa shape index (κ2) is 6.79. The van der Waals surface area contributed by atoms with E-state index in [4.69, 9.17) is 15.2 Å². The largest absolute Gasteiger partial charge is 0.454 e. The number of hydrogen-bond donors (Lipinski definition) is 1. The van der Waals surface area contributed by atoms with Gasteiger partial charge in [0.1, 0.15) is 5.82 Å². The molecule has 0 spiro atoms. The molecule has 0 radical (unpaired) electrons. The Morgan fingerprint density at radius 2 is 2.13 bits per heavy atom. The lowest BCUT2D eigenvalue weighted by Gasteiger charge is -2.06. The predicted octanol–water partition coefficient (Wildman–Crippen LogP) is 2.02. The second-order valence-corrected chi connectivity index (χ2v) is 6.81. The second-order valence-electron chi connectivity index (χ2n) is 5.01. The summed E-state index contributed by atoms with van der Waals surface area (Å²) < 4.78 is 13.6. The van der Waals surface area contributed by atoms with E-state index in [-0.39, 0.29) is 19.1 Å². The monoisotopic (exact) mass is 398 g/mol. The van der Waals surface area contributed by atoms with Crippen molar-refractivity contribution in [3.05, 3.63) is 28.0 Å². The Labute approximate surface area is 145 Å². The summed E-state index contributed by atoms with van der Waals surface area (Å²) >= 11 is 5.11. The number of thioether (sulfide) groups is 1. The molecule has 9 heteroatoms. The first-order valence-electron chi connectivity index (χ1n) is 6.92. The van der Waals surface area contributed by atoms with Crippen LogP contribution in [0.1, 0.15) is 17.8 Å². The number of aryl methyl sites for hydroxylation is 1. The van der Waals surface area contributed by atoms with Gasteiger partial charge in [-0.05, 0) is 17.7 Å². The highest BCUT2D eigenvalue weighted by Gasteiger charge is 2.17.